The lowest BCUT2D eigenvalue weighted by atomic mass is 10.1. The first kappa shape index (κ1) is 9.52. The molecular formula is C9H18N2O. The first-order valence-electron chi connectivity index (χ1n) is 4.46. The second-order valence-electron chi connectivity index (χ2n) is 4.46. The molecule has 2 atom stereocenters. The SMILES string of the molecule is CC(CNC1CC1(C)C)C(N)=O. The summed E-state index contributed by atoms with van der Waals surface area (Å²) in [6, 6.07) is 0.583. The molecule has 3 heteroatoms. The van der Waals surface area contributed by atoms with E-state index in [0.717, 1.165) is 0 Å². The largest absolute Gasteiger partial charge is 0.369 e. The van der Waals surface area contributed by atoms with E-state index in [1.165, 1.54) is 6.42 Å². The summed E-state index contributed by atoms with van der Waals surface area (Å²) in [5.74, 6) is -0.276. The van der Waals surface area contributed by atoms with Crippen LogP contribution in [0.4, 0.5) is 0 Å². The molecule has 2 unspecified atom stereocenters. The van der Waals surface area contributed by atoms with Crippen molar-refractivity contribution in [3.8, 4) is 0 Å². The Morgan fingerprint density at radius 2 is 2.25 bits per heavy atom. The maximum absolute atomic E-state index is 10.7. The summed E-state index contributed by atoms with van der Waals surface area (Å²) in [5.41, 5.74) is 5.56. The van der Waals surface area contributed by atoms with Gasteiger partial charge in [-0.05, 0) is 11.8 Å². The highest BCUT2D eigenvalue weighted by molar-refractivity contribution is 5.76. The number of carbonyl (C=O) groups excluding carboxylic acids is 1. The number of rotatable bonds is 4. The minimum absolute atomic E-state index is 0.0543. The Balaban J connectivity index is 2.15. The van der Waals surface area contributed by atoms with Gasteiger partial charge in [-0.2, -0.15) is 0 Å². The molecule has 0 heterocycles. The molecule has 0 aromatic carbocycles. The molecule has 1 rings (SSSR count). The van der Waals surface area contributed by atoms with Crippen LogP contribution in [0.1, 0.15) is 27.2 Å². The highest BCUT2D eigenvalue weighted by Gasteiger charge is 2.45. The predicted molar refractivity (Wildman–Crippen MR) is 48.5 cm³/mol. The fourth-order valence-corrected chi connectivity index (χ4v) is 1.24. The fraction of sp³-hybridized carbons (Fsp3) is 0.889. The smallest absolute Gasteiger partial charge is 0.221 e. The number of carbonyl (C=O) groups is 1. The van der Waals surface area contributed by atoms with Crippen molar-refractivity contribution in [3.05, 3.63) is 0 Å². The Bertz CT molecular complexity index is 189. The van der Waals surface area contributed by atoms with Crippen LogP contribution in [0.15, 0.2) is 0 Å². The predicted octanol–water partition coefficient (Wildman–Crippen LogP) is 0.496. The van der Waals surface area contributed by atoms with Gasteiger partial charge in [0, 0.05) is 18.5 Å². The van der Waals surface area contributed by atoms with Crippen molar-refractivity contribution in [1.82, 2.24) is 5.32 Å². The van der Waals surface area contributed by atoms with Crippen molar-refractivity contribution in [2.45, 2.75) is 33.2 Å². The lowest BCUT2D eigenvalue weighted by Gasteiger charge is -2.09. The van der Waals surface area contributed by atoms with Crippen LogP contribution in [-0.4, -0.2) is 18.5 Å². The summed E-state index contributed by atoms with van der Waals surface area (Å²) in [7, 11) is 0. The molecule has 1 aliphatic rings. The molecule has 0 spiro atoms. The van der Waals surface area contributed by atoms with Crippen molar-refractivity contribution < 1.29 is 4.79 Å². The van der Waals surface area contributed by atoms with Gasteiger partial charge in [0.05, 0.1) is 0 Å². The van der Waals surface area contributed by atoms with Crippen LogP contribution in [0.2, 0.25) is 0 Å². The highest BCUT2D eigenvalue weighted by atomic mass is 16.1. The first-order chi connectivity index (χ1) is 5.43. The van der Waals surface area contributed by atoms with E-state index < -0.39 is 0 Å². The maximum Gasteiger partial charge on any atom is 0.221 e. The van der Waals surface area contributed by atoms with Crippen molar-refractivity contribution in [2.75, 3.05) is 6.54 Å². The molecule has 1 amide bonds. The minimum atomic E-state index is -0.221. The van der Waals surface area contributed by atoms with E-state index in [4.69, 9.17) is 5.73 Å². The Kier molecular flexibility index (Phi) is 2.42. The van der Waals surface area contributed by atoms with Crippen LogP contribution in [-0.2, 0) is 4.79 Å². The average Bonchev–Trinajstić information content (AvgIpc) is 2.54. The van der Waals surface area contributed by atoms with E-state index in [-0.39, 0.29) is 11.8 Å². The molecule has 3 N–H and O–H groups in total. The quantitative estimate of drug-likeness (QED) is 0.645. The van der Waals surface area contributed by atoms with Crippen molar-refractivity contribution >= 4 is 5.91 Å². The Morgan fingerprint density at radius 1 is 1.75 bits per heavy atom. The molecular weight excluding hydrogens is 152 g/mol. The molecule has 0 radical (unpaired) electrons. The van der Waals surface area contributed by atoms with E-state index in [9.17, 15) is 4.79 Å². The molecule has 3 nitrogen and oxygen atoms in total. The van der Waals surface area contributed by atoms with Crippen LogP contribution >= 0.6 is 0 Å². The fourth-order valence-electron chi connectivity index (χ4n) is 1.24. The number of nitrogens with one attached hydrogen (secondary N) is 1. The Labute approximate surface area is 73.7 Å². The summed E-state index contributed by atoms with van der Waals surface area (Å²) >= 11 is 0. The zero-order chi connectivity index (χ0) is 9.35. The van der Waals surface area contributed by atoms with Gasteiger partial charge < -0.3 is 11.1 Å². The number of hydrogen-bond donors (Lipinski definition) is 2. The molecule has 1 aliphatic carbocycles. The van der Waals surface area contributed by atoms with Gasteiger partial charge in [-0.1, -0.05) is 20.8 Å². The number of primary amides is 1. The minimum Gasteiger partial charge on any atom is -0.369 e. The topological polar surface area (TPSA) is 55.1 Å². The summed E-state index contributed by atoms with van der Waals surface area (Å²) in [4.78, 5) is 10.7. The molecule has 0 aromatic heterocycles. The van der Waals surface area contributed by atoms with Gasteiger partial charge >= 0.3 is 0 Å². The van der Waals surface area contributed by atoms with Gasteiger partial charge in [0.2, 0.25) is 5.91 Å². The van der Waals surface area contributed by atoms with Crippen molar-refractivity contribution in [2.24, 2.45) is 17.1 Å². The standard InChI is InChI=1S/C9H18N2O/c1-6(8(10)12)5-11-7-4-9(7,2)3/h6-7,11H,4-5H2,1-3H3,(H2,10,12). The lowest BCUT2D eigenvalue weighted by molar-refractivity contribution is -0.121. The summed E-state index contributed by atoms with van der Waals surface area (Å²) in [6.45, 7) is 7.01. The van der Waals surface area contributed by atoms with E-state index in [1.807, 2.05) is 6.92 Å². The van der Waals surface area contributed by atoms with E-state index in [0.29, 0.717) is 18.0 Å². The summed E-state index contributed by atoms with van der Waals surface area (Å²) in [6.07, 6.45) is 1.21. The van der Waals surface area contributed by atoms with E-state index >= 15 is 0 Å². The molecule has 0 saturated heterocycles. The summed E-state index contributed by atoms with van der Waals surface area (Å²) < 4.78 is 0. The molecule has 12 heavy (non-hydrogen) atoms. The van der Waals surface area contributed by atoms with Crippen LogP contribution in [0.5, 0.6) is 0 Å². The van der Waals surface area contributed by atoms with E-state index in [2.05, 4.69) is 19.2 Å². The van der Waals surface area contributed by atoms with Crippen molar-refractivity contribution in [3.63, 3.8) is 0 Å². The van der Waals surface area contributed by atoms with Crippen LogP contribution in [0, 0.1) is 11.3 Å². The number of hydrogen-bond acceptors (Lipinski definition) is 2. The third-order valence-electron chi connectivity index (χ3n) is 2.67. The van der Waals surface area contributed by atoms with Gasteiger partial charge in [0.15, 0.2) is 0 Å². The zero-order valence-electron chi connectivity index (χ0n) is 8.05. The van der Waals surface area contributed by atoms with E-state index in [1.54, 1.807) is 0 Å². The maximum atomic E-state index is 10.7. The normalized spacial score (nSPS) is 28.1. The van der Waals surface area contributed by atoms with Crippen LogP contribution < -0.4 is 11.1 Å². The van der Waals surface area contributed by atoms with Gasteiger partial charge in [-0.25, -0.2) is 0 Å². The Hall–Kier alpha value is -0.570. The van der Waals surface area contributed by atoms with Crippen LogP contribution in [0.25, 0.3) is 0 Å². The van der Waals surface area contributed by atoms with Gasteiger partial charge in [-0.15, -0.1) is 0 Å². The first-order valence-corrected chi connectivity index (χ1v) is 4.46. The highest BCUT2D eigenvalue weighted by Crippen LogP contribution is 2.44. The molecule has 0 bridgehead atoms. The molecule has 1 saturated carbocycles. The third-order valence-corrected chi connectivity index (χ3v) is 2.67. The summed E-state index contributed by atoms with van der Waals surface area (Å²) in [5, 5.41) is 3.33. The second-order valence-corrected chi connectivity index (χ2v) is 4.46. The van der Waals surface area contributed by atoms with Gasteiger partial charge in [-0.3, -0.25) is 4.79 Å². The lowest BCUT2D eigenvalue weighted by Crippen LogP contribution is -2.33. The molecule has 70 valence electrons. The van der Waals surface area contributed by atoms with Gasteiger partial charge in [0.25, 0.3) is 0 Å². The average molecular weight is 170 g/mol. The number of nitrogens with two attached hydrogens (primary N) is 1. The molecule has 0 aromatic rings. The molecule has 1 fully saturated rings. The molecule has 0 aliphatic heterocycles. The van der Waals surface area contributed by atoms with Gasteiger partial charge in [0.1, 0.15) is 0 Å². The third kappa shape index (κ3) is 2.21. The zero-order valence-corrected chi connectivity index (χ0v) is 8.05. The van der Waals surface area contributed by atoms with Crippen LogP contribution in [0.3, 0.4) is 0 Å². The van der Waals surface area contributed by atoms with Crippen molar-refractivity contribution in [1.29, 1.82) is 0 Å². The monoisotopic (exact) mass is 170 g/mol. The second kappa shape index (κ2) is 3.05. The number of amides is 1. The Morgan fingerprint density at radius 3 is 2.58 bits per heavy atom.